The lowest BCUT2D eigenvalue weighted by Gasteiger charge is -2.11. The normalized spacial score (nSPS) is 13.2. The molecule has 0 aliphatic heterocycles. The lowest BCUT2D eigenvalue weighted by Crippen LogP contribution is -2.41. The number of halogens is 6. The standard InChI is InChI=1S/C6H16N2O2.C4H5F6NO4S2/c7-1-3-9-5-6-10-4-2-8;5-3(6,7)1-16(12,13)11-17(14,15)2-4(8,9)10/h1-8H2;11H,1-2H2. The van der Waals surface area contributed by atoms with E-state index in [4.69, 9.17) is 20.9 Å². The highest BCUT2D eigenvalue weighted by Crippen LogP contribution is 2.19. The second kappa shape index (κ2) is 12.7. The summed E-state index contributed by atoms with van der Waals surface area (Å²) in [5.74, 6) is -5.17. The summed E-state index contributed by atoms with van der Waals surface area (Å²) in [6.45, 7) is 3.56. The van der Waals surface area contributed by atoms with Gasteiger partial charge >= 0.3 is 12.4 Å². The van der Waals surface area contributed by atoms with Crippen molar-refractivity contribution in [2.24, 2.45) is 11.5 Å². The predicted octanol–water partition coefficient (Wildman–Crippen LogP) is -0.703. The van der Waals surface area contributed by atoms with Crippen molar-refractivity contribution < 1.29 is 52.7 Å². The smallest absolute Gasteiger partial charge is 0.378 e. The Labute approximate surface area is 152 Å². The third-order valence-corrected chi connectivity index (χ3v) is 5.30. The zero-order valence-corrected chi connectivity index (χ0v) is 15.5. The number of sulfonamides is 2. The third-order valence-electron chi connectivity index (χ3n) is 1.86. The largest absolute Gasteiger partial charge is 0.404 e. The van der Waals surface area contributed by atoms with Gasteiger partial charge in [-0.1, -0.05) is 0 Å². The number of hydrogen-bond donors (Lipinski definition) is 3. The SMILES string of the molecule is NCCOCCOCCN.O=S(=O)(CC(F)(F)F)NS(=O)(=O)CC(F)(F)F. The highest BCUT2D eigenvalue weighted by atomic mass is 32.3. The zero-order valence-electron chi connectivity index (χ0n) is 13.8. The molecule has 0 saturated heterocycles. The topological polar surface area (TPSA) is 151 Å². The van der Waals surface area contributed by atoms with Gasteiger partial charge < -0.3 is 20.9 Å². The monoisotopic (exact) mass is 457 g/mol. The highest BCUT2D eigenvalue weighted by molar-refractivity contribution is 8.04. The summed E-state index contributed by atoms with van der Waals surface area (Å²) in [4.78, 5) is 0. The molecule has 27 heavy (non-hydrogen) atoms. The van der Waals surface area contributed by atoms with E-state index in [0.717, 1.165) is 0 Å². The van der Waals surface area contributed by atoms with Crippen molar-refractivity contribution in [2.45, 2.75) is 12.4 Å². The molecule has 0 aliphatic rings. The lowest BCUT2D eigenvalue weighted by atomic mass is 10.7. The van der Waals surface area contributed by atoms with Gasteiger partial charge in [0.2, 0.25) is 20.0 Å². The van der Waals surface area contributed by atoms with Crippen LogP contribution in [-0.2, 0) is 29.5 Å². The van der Waals surface area contributed by atoms with Crippen LogP contribution in [0, 0.1) is 0 Å². The van der Waals surface area contributed by atoms with E-state index in [1.165, 1.54) is 0 Å². The van der Waals surface area contributed by atoms with Crippen LogP contribution in [-0.4, -0.2) is 80.2 Å². The molecule has 0 radical (unpaired) electrons. The second-order valence-corrected chi connectivity index (χ2v) is 8.34. The zero-order chi connectivity index (χ0) is 21.8. The van der Waals surface area contributed by atoms with E-state index >= 15 is 0 Å². The summed E-state index contributed by atoms with van der Waals surface area (Å²) in [5, 5.41) is 0. The number of alkyl halides is 6. The third kappa shape index (κ3) is 23.2. The first-order valence-electron chi connectivity index (χ1n) is 6.96. The van der Waals surface area contributed by atoms with Gasteiger partial charge in [0.15, 0.2) is 11.5 Å². The van der Waals surface area contributed by atoms with Crippen molar-refractivity contribution in [1.82, 2.24) is 4.13 Å². The molecule has 0 bridgehead atoms. The fraction of sp³-hybridized carbons (Fsp3) is 1.00. The Morgan fingerprint density at radius 1 is 0.667 bits per heavy atom. The van der Waals surface area contributed by atoms with Crippen molar-refractivity contribution in [3.8, 4) is 0 Å². The molecular formula is C10H21F6N3O6S2. The Hall–Kier alpha value is -0.720. The minimum absolute atomic E-state index is 0.350. The van der Waals surface area contributed by atoms with Crippen LogP contribution < -0.4 is 15.6 Å². The molecule has 0 aromatic carbocycles. The summed E-state index contributed by atoms with van der Waals surface area (Å²) < 4.78 is 122. The van der Waals surface area contributed by atoms with Crippen molar-refractivity contribution >= 4 is 20.0 Å². The van der Waals surface area contributed by atoms with Crippen LogP contribution in [0.1, 0.15) is 0 Å². The Bertz CT molecular complexity index is 542. The molecule has 9 nitrogen and oxygen atoms in total. The van der Waals surface area contributed by atoms with Gasteiger partial charge in [0.1, 0.15) is 0 Å². The van der Waals surface area contributed by atoms with Crippen LogP contribution >= 0.6 is 0 Å². The average Bonchev–Trinajstić information content (AvgIpc) is 2.36. The molecule has 0 fully saturated rings. The molecule has 0 aromatic heterocycles. The van der Waals surface area contributed by atoms with Gasteiger partial charge in [0.05, 0.1) is 26.4 Å². The van der Waals surface area contributed by atoms with E-state index in [-0.39, 0.29) is 0 Å². The number of nitrogens with two attached hydrogens (primary N) is 2. The highest BCUT2D eigenvalue weighted by Gasteiger charge is 2.41. The van der Waals surface area contributed by atoms with Crippen LogP contribution in [0.4, 0.5) is 26.3 Å². The molecule has 0 rings (SSSR count). The van der Waals surface area contributed by atoms with Crippen molar-refractivity contribution in [1.29, 1.82) is 0 Å². The fourth-order valence-electron chi connectivity index (χ4n) is 1.17. The van der Waals surface area contributed by atoms with Crippen LogP contribution in [0.15, 0.2) is 0 Å². The molecular weight excluding hydrogens is 436 g/mol. The van der Waals surface area contributed by atoms with Gasteiger partial charge in [-0.25, -0.2) is 16.8 Å². The second-order valence-electron chi connectivity index (χ2n) is 4.63. The molecule has 0 saturated carbocycles. The van der Waals surface area contributed by atoms with Crippen molar-refractivity contribution in [3.63, 3.8) is 0 Å². The van der Waals surface area contributed by atoms with E-state index in [0.29, 0.717) is 43.6 Å². The molecule has 0 aromatic rings. The fourth-order valence-corrected chi connectivity index (χ4v) is 4.05. The first kappa shape index (κ1) is 28.5. The van der Waals surface area contributed by atoms with Crippen LogP contribution in [0.25, 0.3) is 0 Å². The Kier molecular flexibility index (Phi) is 13.4. The molecule has 0 heterocycles. The minimum atomic E-state index is -5.43. The molecule has 166 valence electrons. The van der Waals surface area contributed by atoms with Gasteiger partial charge in [0, 0.05) is 13.1 Å². The lowest BCUT2D eigenvalue weighted by molar-refractivity contribution is -0.107. The van der Waals surface area contributed by atoms with Crippen molar-refractivity contribution in [3.05, 3.63) is 0 Å². The summed E-state index contributed by atoms with van der Waals surface area (Å²) in [6.07, 6.45) is -10.5. The quantitative estimate of drug-likeness (QED) is 0.272. The summed E-state index contributed by atoms with van der Waals surface area (Å²) in [5.41, 5.74) is 10.4. The van der Waals surface area contributed by atoms with E-state index < -0.39 is 43.9 Å². The maximum Gasteiger partial charge on any atom is 0.404 e. The minimum Gasteiger partial charge on any atom is -0.378 e. The predicted molar refractivity (Wildman–Crippen MR) is 82.6 cm³/mol. The van der Waals surface area contributed by atoms with E-state index in [9.17, 15) is 43.2 Å². The molecule has 0 amide bonds. The van der Waals surface area contributed by atoms with Gasteiger partial charge in [-0.2, -0.15) is 26.3 Å². The number of hydrogen-bond acceptors (Lipinski definition) is 8. The maximum absolute atomic E-state index is 11.6. The van der Waals surface area contributed by atoms with Gasteiger partial charge in [-0.05, 0) is 0 Å². The summed E-state index contributed by atoms with van der Waals surface area (Å²) in [6, 6.07) is 0. The molecule has 0 unspecified atom stereocenters. The van der Waals surface area contributed by atoms with Crippen LogP contribution in [0.2, 0.25) is 0 Å². The molecule has 0 spiro atoms. The van der Waals surface area contributed by atoms with Crippen molar-refractivity contribution in [2.75, 3.05) is 51.0 Å². The van der Waals surface area contributed by atoms with E-state index in [1.54, 1.807) is 0 Å². The van der Waals surface area contributed by atoms with Crippen LogP contribution in [0.5, 0.6) is 0 Å². The van der Waals surface area contributed by atoms with E-state index in [1.807, 2.05) is 0 Å². The number of nitrogens with one attached hydrogen (secondary N) is 1. The summed E-state index contributed by atoms with van der Waals surface area (Å²) in [7, 11) is -10.9. The first-order chi connectivity index (χ1) is 12.0. The summed E-state index contributed by atoms with van der Waals surface area (Å²) >= 11 is 0. The molecule has 0 aliphatic carbocycles. The number of ether oxygens (including phenoxy) is 2. The van der Waals surface area contributed by atoms with E-state index in [2.05, 4.69) is 0 Å². The Balaban J connectivity index is 0. The Morgan fingerprint density at radius 2 is 0.963 bits per heavy atom. The maximum atomic E-state index is 11.6. The van der Waals surface area contributed by atoms with Crippen LogP contribution in [0.3, 0.4) is 0 Å². The van der Waals surface area contributed by atoms with Gasteiger partial charge in [0.25, 0.3) is 0 Å². The Morgan fingerprint density at radius 3 is 1.19 bits per heavy atom. The first-order valence-corrected chi connectivity index (χ1v) is 10.3. The molecule has 5 N–H and O–H groups in total. The molecule has 17 heteroatoms. The number of rotatable bonds is 11. The van der Waals surface area contributed by atoms with Gasteiger partial charge in [-0.3, -0.25) is 0 Å². The van der Waals surface area contributed by atoms with Gasteiger partial charge in [-0.15, -0.1) is 4.13 Å². The molecule has 0 atom stereocenters. The average molecular weight is 457 g/mol.